The van der Waals surface area contributed by atoms with E-state index in [9.17, 15) is 26.4 Å². The number of nitrogens with two attached hydrogens (primary N) is 1. The number of Topliss-reactive ketones (excluding diaryl/α,β-unsaturated/α-hetero) is 1. The van der Waals surface area contributed by atoms with Crippen LogP contribution in [0.25, 0.3) is 0 Å². The van der Waals surface area contributed by atoms with Crippen molar-refractivity contribution in [1.82, 2.24) is 4.98 Å². The van der Waals surface area contributed by atoms with Crippen LogP contribution in [-0.4, -0.2) is 25.2 Å². The number of anilines is 2. The monoisotopic (exact) mass is 385 g/mol. The van der Waals surface area contributed by atoms with E-state index in [4.69, 9.17) is 5.73 Å². The number of sulfonamides is 1. The third-order valence-corrected chi connectivity index (χ3v) is 5.91. The van der Waals surface area contributed by atoms with Crippen LogP contribution in [0.1, 0.15) is 29.4 Å². The highest BCUT2D eigenvalue weighted by Gasteiger charge is 2.39. The van der Waals surface area contributed by atoms with Crippen molar-refractivity contribution >= 4 is 27.2 Å². The molecule has 3 rings (SSSR count). The van der Waals surface area contributed by atoms with Crippen molar-refractivity contribution in [3.05, 3.63) is 47.8 Å². The summed E-state index contributed by atoms with van der Waals surface area (Å²) in [7, 11) is -4.36. The maximum Gasteiger partial charge on any atom is 0.416 e. The minimum atomic E-state index is -4.68. The Hall–Kier alpha value is -2.62. The summed E-state index contributed by atoms with van der Waals surface area (Å²) in [6.07, 6.45) is -3.59. The minimum absolute atomic E-state index is 0.0360. The first kappa shape index (κ1) is 18.2. The van der Waals surface area contributed by atoms with Crippen molar-refractivity contribution in [2.75, 3.05) is 10.0 Å². The predicted molar refractivity (Wildman–Crippen MR) is 88.2 cm³/mol. The van der Waals surface area contributed by atoms with Gasteiger partial charge in [0.25, 0.3) is 10.0 Å². The van der Waals surface area contributed by atoms with E-state index >= 15 is 0 Å². The van der Waals surface area contributed by atoms with Gasteiger partial charge in [0.1, 0.15) is 5.69 Å². The maximum absolute atomic E-state index is 13.0. The molecule has 1 aliphatic rings. The normalized spacial score (nSPS) is 17.9. The van der Waals surface area contributed by atoms with E-state index in [0.717, 1.165) is 22.5 Å². The number of halogens is 3. The number of carbonyl (C=O) groups is 1. The standard InChI is InChI=1S/C16H14F3N3O3S/c1-9-5-14(23)15-13(7-11(20)8-21-15)22(9)26(24,25)12-4-2-3-10(6-12)16(17,18)19/h2-4,6-9H,5,20H2,1H3. The fourth-order valence-electron chi connectivity index (χ4n) is 2.85. The smallest absolute Gasteiger partial charge is 0.397 e. The first-order chi connectivity index (χ1) is 12.0. The topological polar surface area (TPSA) is 93.4 Å². The number of hydrogen-bond acceptors (Lipinski definition) is 5. The average molecular weight is 385 g/mol. The lowest BCUT2D eigenvalue weighted by Gasteiger charge is -2.34. The van der Waals surface area contributed by atoms with Gasteiger partial charge in [-0.3, -0.25) is 9.10 Å². The molecule has 26 heavy (non-hydrogen) atoms. The Morgan fingerprint density at radius 2 is 1.96 bits per heavy atom. The molecule has 1 aliphatic heterocycles. The van der Waals surface area contributed by atoms with Gasteiger partial charge in [-0.05, 0) is 31.2 Å². The van der Waals surface area contributed by atoms with Crippen LogP contribution in [0.2, 0.25) is 0 Å². The molecule has 0 fully saturated rings. The molecule has 2 N–H and O–H groups in total. The zero-order valence-corrected chi connectivity index (χ0v) is 14.3. The van der Waals surface area contributed by atoms with Crippen molar-refractivity contribution in [2.45, 2.75) is 30.5 Å². The molecule has 1 aromatic heterocycles. The Bertz CT molecular complexity index is 990. The fraction of sp³-hybridized carbons (Fsp3) is 0.250. The maximum atomic E-state index is 13.0. The zero-order valence-electron chi connectivity index (χ0n) is 13.5. The van der Waals surface area contributed by atoms with Gasteiger partial charge in [-0.2, -0.15) is 13.2 Å². The van der Waals surface area contributed by atoms with Crippen LogP contribution in [0.15, 0.2) is 41.4 Å². The SMILES string of the molecule is CC1CC(=O)c2ncc(N)cc2N1S(=O)(=O)c1cccc(C(F)(F)F)c1. The van der Waals surface area contributed by atoms with Gasteiger partial charge in [0.15, 0.2) is 5.78 Å². The van der Waals surface area contributed by atoms with Gasteiger partial charge in [0.05, 0.1) is 34.1 Å². The first-order valence-corrected chi connectivity index (χ1v) is 8.96. The van der Waals surface area contributed by atoms with Crippen LogP contribution in [0, 0.1) is 0 Å². The van der Waals surface area contributed by atoms with E-state index in [-0.39, 0.29) is 29.3 Å². The van der Waals surface area contributed by atoms with Gasteiger partial charge in [-0.25, -0.2) is 13.4 Å². The average Bonchev–Trinajstić information content (AvgIpc) is 2.53. The number of benzene rings is 1. The van der Waals surface area contributed by atoms with Gasteiger partial charge < -0.3 is 5.73 Å². The lowest BCUT2D eigenvalue weighted by Crippen LogP contribution is -2.44. The quantitative estimate of drug-likeness (QED) is 0.858. The molecule has 0 bridgehead atoms. The van der Waals surface area contributed by atoms with Crippen LogP contribution >= 0.6 is 0 Å². The number of hydrogen-bond donors (Lipinski definition) is 1. The van der Waals surface area contributed by atoms with Crippen LogP contribution in [-0.2, 0) is 16.2 Å². The molecule has 138 valence electrons. The molecular formula is C16H14F3N3O3S. The molecule has 0 aliphatic carbocycles. The summed E-state index contributed by atoms with van der Waals surface area (Å²) >= 11 is 0. The second-order valence-electron chi connectivity index (χ2n) is 5.94. The van der Waals surface area contributed by atoms with Gasteiger partial charge in [-0.1, -0.05) is 6.07 Å². The molecule has 0 spiro atoms. The molecular weight excluding hydrogens is 371 g/mol. The summed E-state index contributed by atoms with van der Waals surface area (Å²) in [5.41, 5.74) is 4.60. The highest BCUT2D eigenvalue weighted by Crippen LogP contribution is 2.37. The number of pyridine rings is 1. The molecule has 1 unspecified atom stereocenters. The Morgan fingerprint density at radius 1 is 1.27 bits per heavy atom. The Balaban J connectivity index is 2.18. The van der Waals surface area contributed by atoms with Crippen molar-refractivity contribution in [1.29, 1.82) is 0 Å². The molecule has 0 saturated heterocycles. The lowest BCUT2D eigenvalue weighted by molar-refractivity contribution is -0.137. The van der Waals surface area contributed by atoms with Crippen LogP contribution in [0.3, 0.4) is 0 Å². The number of carbonyl (C=O) groups excluding carboxylic acids is 1. The zero-order chi connectivity index (χ0) is 19.3. The molecule has 0 radical (unpaired) electrons. The fourth-order valence-corrected chi connectivity index (χ4v) is 4.55. The number of fused-ring (bicyclic) bond motifs is 1. The van der Waals surface area contributed by atoms with E-state index < -0.39 is 32.7 Å². The van der Waals surface area contributed by atoms with Crippen molar-refractivity contribution in [3.8, 4) is 0 Å². The molecule has 2 heterocycles. The van der Waals surface area contributed by atoms with E-state index in [1.807, 2.05) is 0 Å². The van der Waals surface area contributed by atoms with Gasteiger partial charge in [0.2, 0.25) is 0 Å². The molecule has 1 aromatic carbocycles. The summed E-state index contributed by atoms with van der Waals surface area (Å²) in [5.74, 6) is -0.358. The van der Waals surface area contributed by atoms with Crippen molar-refractivity contribution < 1.29 is 26.4 Å². The summed E-state index contributed by atoms with van der Waals surface area (Å²) in [4.78, 5) is 15.5. The number of aromatic nitrogens is 1. The predicted octanol–water partition coefficient (Wildman–Crippen LogP) is 2.85. The van der Waals surface area contributed by atoms with E-state index in [1.54, 1.807) is 0 Å². The summed E-state index contributed by atoms with van der Waals surface area (Å²) in [5, 5.41) is 0. The van der Waals surface area contributed by atoms with E-state index in [2.05, 4.69) is 4.98 Å². The summed E-state index contributed by atoms with van der Waals surface area (Å²) in [6.45, 7) is 1.50. The van der Waals surface area contributed by atoms with Crippen molar-refractivity contribution in [3.63, 3.8) is 0 Å². The summed E-state index contributed by atoms with van der Waals surface area (Å²) in [6, 6.07) is 3.94. The van der Waals surface area contributed by atoms with Gasteiger partial charge in [-0.15, -0.1) is 0 Å². The second-order valence-corrected chi connectivity index (χ2v) is 7.75. The number of nitrogen functional groups attached to an aromatic ring is 1. The Labute approximate surface area is 147 Å². The molecule has 0 saturated carbocycles. The Morgan fingerprint density at radius 3 is 2.62 bits per heavy atom. The molecule has 2 aromatic rings. The molecule has 10 heteroatoms. The molecule has 1 atom stereocenters. The molecule has 0 amide bonds. The number of rotatable bonds is 2. The van der Waals surface area contributed by atoms with E-state index in [1.165, 1.54) is 19.2 Å². The van der Waals surface area contributed by atoms with Crippen LogP contribution in [0.5, 0.6) is 0 Å². The first-order valence-electron chi connectivity index (χ1n) is 7.52. The van der Waals surface area contributed by atoms with Crippen LogP contribution in [0.4, 0.5) is 24.5 Å². The third-order valence-electron chi connectivity index (χ3n) is 3.99. The van der Waals surface area contributed by atoms with Crippen LogP contribution < -0.4 is 10.0 Å². The van der Waals surface area contributed by atoms with E-state index in [0.29, 0.717) is 6.07 Å². The minimum Gasteiger partial charge on any atom is -0.397 e. The van der Waals surface area contributed by atoms with Gasteiger partial charge in [0, 0.05) is 6.42 Å². The number of alkyl halides is 3. The lowest BCUT2D eigenvalue weighted by atomic mass is 10.0. The highest BCUT2D eigenvalue weighted by molar-refractivity contribution is 7.92. The number of nitrogens with zero attached hydrogens (tertiary/aromatic N) is 2. The number of ketones is 1. The Kier molecular flexibility index (Phi) is 4.18. The third kappa shape index (κ3) is 3.00. The highest BCUT2D eigenvalue weighted by atomic mass is 32.2. The second kappa shape index (κ2) is 5.97. The summed E-state index contributed by atoms with van der Waals surface area (Å²) < 4.78 is 65.8. The van der Waals surface area contributed by atoms with Crippen molar-refractivity contribution in [2.24, 2.45) is 0 Å². The largest absolute Gasteiger partial charge is 0.416 e. The van der Waals surface area contributed by atoms with Gasteiger partial charge >= 0.3 is 6.18 Å². The molecule has 6 nitrogen and oxygen atoms in total.